The molecule has 0 fully saturated rings. The summed E-state index contributed by atoms with van der Waals surface area (Å²) in [4.78, 5) is 38.5. The summed E-state index contributed by atoms with van der Waals surface area (Å²) in [6.07, 6.45) is -0.958. The highest BCUT2D eigenvalue weighted by Crippen LogP contribution is 2.13. The smallest absolute Gasteiger partial charge is 0.437 e. The van der Waals surface area contributed by atoms with Gasteiger partial charge in [0.2, 0.25) is 5.71 Å². The van der Waals surface area contributed by atoms with Gasteiger partial charge in [0, 0.05) is 17.6 Å². The molecule has 7 nitrogen and oxygen atoms in total. The van der Waals surface area contributed by atoms with Crippen LogP contribution in [-0.4, -0.2) is 30.2 Å². The fourth-order valence-corrected chi connectivity index (χ4v) is 1.33. The molecule has 1 N–H and O–H groups in total. The molecule has 0 saturated heterocycles. The minimum Gasteiger partial charge on any atom is -0.461 e. The molecule has 0 unspecified atom stereocenters. The summed E-state index contributed by atoms with van der Waals surface area (Å²) in [7, 11) is 0. The van der Waals surface area contributed by atoms with Crippen molar-refractivity contribution in [1.82, 2.24) is 0 Å². The molecule has 8 heteroatoms. The van der Waals surface area contributed by atoms with Crippen LogP contribution in [0.3, 0.4) is 0 Å². The maximum Gasteiger partial charge on any atom is 0.437 e. The van der Waals surface area contributed by atoms with Gasteiger partial charge < -0.3 is 4.74 Å². The average molecular weight is 313 g/mol. The summed E-state index contributed by atoms with van der Waals surface area (Å²) in [6, 6.07) is 6.23. The molecule has 0 saturated carbocycles. The van der Waals surface area contributed by atoms with Crippen molar-refractivity contribution in [1.29, 1.82) is 0 Å². The van der Waals surface area contributed by atoms with Gasteiger partial charge in [0.1, 0.15) is 0 Å². The van der Waals surface area contributed by atoms with Crippen molar-refractivity contribution in [2.24, 2.45) is 5.16 Å². The van der Waals surface area contributed by atoms with Crippen molar-refractivity contribution in [3.05, 3.63) is 29.3 Å². The van der Waals surface area contributed by atoms with E-state index in [0.29, 0.717) is 10.7 Å². The van der Waals surface area contributed by atoms with E-state index in [9.17, 15) is 14.4 Å². The van der Waals surface area contributed by atoms with Crippen molar-refractivity contribution in [2.75, 3.05) is 11.9 Å². The molecule has 0 aliphatic carbocycles. The lowest BCUT2D eigenvalue weighted by molar-refractivity contribution is -0.135. The predicted octanol–water partition coefficient (Wildman–Crippen LogP) is 2.40. The van der Waals surface area contributed by atoms with Crippen molar-refractivity contribution in [3.8, 4) is 0 Å². The largest absolute Gasteiger partial charge is 0.461 e. The molecule has 0 spiro atoms. The first-order valence-electron chi connectivity index (χ1n) is 5.93. The fourth-order valence-electron chi connectivity index (χ4n) is 1.21. The molecule has 21 heavy (non-hydrogen) atoms. The molecule has 112 valence electrons. The highest BCUT2D eigenvalue weighted by Gasteiger charge is 2.19. The van der Waals surface area contributed by atoms with E-state index in [1.807, 2.05) is 0 Å². The topological polar surface area (TPSA) is 94.1 Å². The second kappa shape index (κ2) is 8.01. The molecule has 1 aromatic rings. The highest BCUT2D eigenvalue weighted by atomic mass is 35.5. The molecule has 0 bridgehead atoms. The fraction of sp³-hybridized carbons (Fsp3) is 0.231. The zero-order valence-corrected chi connectivity index (χ0v) is 12.1. The monoisotopic (exact) mass is 312 g/mol. The number of ether oxygens (including phenoxy) is 1. The Morgan fingerprint density at radius 1 is 1.24 bits per heavy atom. The van der Waals surface area contributed by atoms with Crippen LogP contribution in [-0.2, 0) is 19.2 Å². The maximum absolute atomic E-state index is 11.5. The van der Waals surface area contributed by atoms with Crippen LogP contribution >= 0.6 is 11.6 Å². The minimum atomic E-state index is -0.958. The van der Waals surface area contributed by atoms with Gasteiger partial charge >= 0.3 is 12.1 Å². The van der Waals surface area contributed by atoms with Crippen molar-refractivity contribution in [3.63, 3.8) is 0 Å². The number of Topliss-reactive ketones (excluding diaryl/α,β-unsaturated/α-hetero) is 1. The third-order valence-corrected chi connectivity index (χ3v) is 2.36. The van der Waals surface area contributed by atoms with E-state index in [-0.39, 0.29) is 6.61 Å². The van der Waals surface area contributed by atoms with E-state index >= 15 is 0 Å². The highest BCUT2D eigenvalue weighted by molar-refractivity contribution is 6.63. The third kappa shape index (κ3) is 5.62. The van der Waals surface area contributed by atoms with E-state index in [2.05, 4.69) is 20.0 Å². The Bertz CT molecular complexity index is 568. The molecule has 0 heterocycles. The van der Waals surface area contributed by atoms with Crippen LogP contribution in [0.15, 0.2) is 29.4 Å². The van der Waals surface area contributed by atoms with Crippen LogP contribution < -0.4 is 5.32 Å². The average Bonchev–Trinajstić information content (AvgIpc) is 2.41. The Hall–Kier alpha value is -2.41. The normalized spacial score (nSPS) is 10.7. The number of oxime groups is 1. The molecule has 0 atom stereocenters. The van der Waals surface area contributed by atoms with E-state index in [0.717, 1.165) is 6.92 Å². The van der Waals surface area contributed by atoms with Crippen LogP contribution in [0.2, 0.25) is 5.02 Å². The van der Waals surface area contributed by atoms with Gasteiger partial charge in [0.05, 0.1) is 6.61 Å². The summed E-state index contributed by atoms with van der Waals surface area (Å²) in [5.41, 5.74) is -0.178. The number of carbonyl (C=O) groups excluding carboxylic acids is 3. The van der Waals surface area contributed by atoms with E-state index in [4.69, 9.17) is 11.6 Å². The summed E-state index contributed by atoms with van der Waals surface area (Å²) in [5.74, 6) is -1.63. The van der Waals surface area contributed by atoms with Crippen LogP contribution in [0.1, 0.15) is 13.8 Å². The number of hydrogen-bond acceptors (Lipinski definition) is 6. The number of hydrogen-bond donors (Lipinski definition) is 1. The third-order valence-electron chi connectivity index (χ3n) is 2.11. The minimum absolute atomic E-state index is 0.0715. The maximum atomic E-state index is 11.5. The molecular weight excluding hydrogens is 300 g/mol. The van der Waals surface area contributed by atoms with Gasteiger partial charge in [-0.25, -0.2) is 9.59 Å². The zero-order valence-electron chi connectivity index (χ0n) is 11.4. The summed E-state index contributed by atoms with van der Waals surface area (Å²) in [6.45, 7) is 2.75. The molecule has 1 aromatic carbocycles. The first kappa shape index (κ1) is 16.6. The predicted molar refractivity (Wildman–Crippen MR) is 76.3 cm³/mol. The van der Waals surface area contributed by atoms with Gasteiger partial charge in [0.25, 0.3) is 0 Å². The molecule has 0 aliphatic heterocycles. The second-order valence-electron chi connectivity index (χ2n) is 3.73. The summed E-state index contributed by atoms with van der Waals surface area (Å²) in [5, 5.41) is 6.06. The molecule has 1 amide bonds. The van der Waals surface area contributed by atoms with Gasteiger partial charge in [-0.3, -0.25) is 14.9 Å². The number of benzene rings is 1. The molecule has 0 aliphatic rings. The van der Waals surface area contributed by atoms with Crippen molar-refractivity contribution < 1.29 is 24.0 Å². The summed E-state index contributed by atoms with van der Waals surface area (Å²) < 4.78 is 4.61. The van der Waals surface area contributed by atoms with E-state index in [1.54, 1.807) is 31.2 Å². The Morgan fingerprint density at radius 2 is 1.86 bits per heavy atom. The standard InChI is InChI=1S/C13H13ClN2O5/c1-3-20-12(18)11(8(2)17)16-21-13(19)15-10-6-4-9(14)5-7-10/h4-7H,3H2,1-2H3,(H,15,19)/b16-11+. The number of rotatable bonds is 5. The zero-order chi connectivity index (χ0) is 15.8. The quantitative estimate of drug-likeness (QED) is 0.296. The van der Waals surface area contributed by atoms with E-state index in [1.165, 1.54) is 0 Å². The van der Waals surface area contributed by atoms with Gasteiger partial charge in [-0.15, -0.1) is 0 Å². The number of halogens is 1. The van der Waals surface area contributed by atoms with Crippen molar-refractivity contribution >= 4 is 40.8 Å². The van der Waals surface area contributed by atoms with Gasteiger partial charge in [-0.05, 0) is 31.2 Å². The number of amides is 1. The second-order valence-corrected chi connectivity index (χ2v) is 4.16. The Balaban J connectivity index is 2.67. The van der Waals surface area contributed by atoms with Gasteiger partial charge in [0.15, 0.2) is 5.78 Å². The Kier molecular flexibility index (Phi) is 6.35. The Labute approximate surface area is 125 Å². The Morgan fingerprint density at radius 3 is 2.38 bits per heavy atom. The number of esters is 1. The molecule has 0 radical (unpaired) electrons. The van der Waals surface area contributed by atoms with Crippen molar-refractivity contribution in [2.45, 2.75) is 13.8 Å². The molecule has 1 rings (SSSR count). The lowest BCUT2D eigenvalue weighted by atomic mass is 10.3. The number of nitrogens with one attached hydrogen (secondary N) is 1. The van der Waals surface area contributed by atoms with Gasteiger partial charge in [-0.1, -0.05) is 16.8 Å². The number of carbonyl (C=O) groups is 3. The molecule has 0 aromatic heterocycles. The van der Waals surface area contributed by atoms with Crippen LogP contribution in [0, 0.1) is 0 Å². The lowest BCUT2D eigenvalue weighted by Crippen LogP contribution is -2.25. The lowest BCUT2D eigenvalue weighted by Gasteiger charge is -2.04. The first-order chi connectivity index (χ1) is 9.93. The van der Waals surface area contributed by atoms with Gasteiger partial charge in [-0.2, -0.15) is 0 Å². The first-order valence-corrected chi connectivity index (χ1v) is 6.31. The van der Waals surface area contributed by atoms with Crippen LogP contribution in [0.5, 0.6) is 0 Å². The number of nitrogens with zero attached hydrogens (tertiary/aromatic N) is 1. The van der Waals surface area contributed by atoms with E-state index < -0.39 is 23.6 Å². The SMILES string of the molecule is CCOC(=O)/C(=N/OC(=O)Nc1ccc(Cl)cc1)C(C)=O. The molecular formula is C13H13ClN2O5. The summed E-state index contributed by atoms with van der Waals surface area (Å²) >= 11 is 5.70. The number of ketones is 1. The van der Waals surface area contributed by atoms with Crippen LogP contribution in [0.4, 0.5) is 10.5 Å². The van der Waals surface area contributed by atoms with Crippen LogP contribution in [0.25, 0.3) is 0 Å². The number of anilines is 1.